The summed E-state index contributed by atoms with van der Waals surface area (Å²) < 4.78 is 10.6. The van der Waals surface area contributed by atoms with Crippen molar-refractivity contribution in [3.63, 3.8) is 0 Å². The molecule has 0 radical (unpaired) electrons. The number of nitrogens with zero attached hydrogens (tertiary/aromatic N) is 1. The fourth-order valence-corrected chi connectivity index (χ4v) is 3.65. The molecule has 0 bridgehead atoms. The summed E-state index contributed by atoms with van der Waals surface area (Å²) in [5.74, 6) is 1.44. The summed E-state index contributed by atoms with van der Waals surface area (Å²) in [5, 5.41) is 0.508. The number of hydrogen-bond acceptors (Lipinski definition) is 4. The van der Waals surface area contributed by atoms with E-state index in [1.807, 2.05) is 61.2 Å². The maximum atomic E-state index is 12.9. The highest BCUT2D eigenvalue weighted by molar-refractivity contribution is 8.00. The van der Waals surface area contributed by atoms with E-state index in [1.54, 1.807) is 14.2 Å². The zero-order chi connectivity index (χ0) is 19.1. The summed E-state index contributed by atoms with van der Waals surface area (Å²) in [6.07, 6.45) is 0. The fraction of sp³-hybridized carbons (Fsp3) is 0.350. The van der Waals surface area contributed by atoms with Gasteiger partial charge in [0.1, 0.15) is 0 Å². The maximum Gasteiger partial charge on any atom is 0.236 e. The van der Waals surface area contributed by atoms with Crippen LogP contribution >= 0.6 is 23.4 Å². The number of thioether (sulfide) groups is 1. The van der Waals surface area contributed by atoms with Crippen molar-refractivity contribution in [2.45, 2.75) is 30.5 Å². The number of halogens is 1. The Bertz CT molecular complexity index is 736. The largest absolute Gasteiger partial charge is 0.493 e. The third-order valence-corrected chi connectivity index (χ3v) is 5.34. The van der Waals surface area contributed by atoms with E-state index in [0.717, 1.165) is 10.5 Å². The number of methoxy groups -OCH3 is 2. The Labute approximate surface area is 164 Å². The lowest BCUT2D eigenvalue weighted by atomic mass is 10.2. The third kappa shape index (κ3) is 5.32. The first kappa shape index (κ1) is 20.5. The molecule has 1 amide bonds. The van der Waals surface area contributed by atoms with Crippen molar-refractivity contribution < 1.29 is 14.3 Å². The zero-order valence-electron chi connectivity index (χ0n) is 15.5. The van der Waals surface area contributed by atoms with Crippen LogP contribution in [0.3, 0.4) is 0 Å². The lowest BCUT2D eigenvalue weighted by molar-refractivity contribution is -0.130. The van der Waals surface area contributed by atoms with Crippen molar-refractivity contribution in [3.05, 3.63) is 53.1 Å². The molecule has 0 aliphatic rings. The minimum absolute atomic E-state index is 0.0993. The monoisotopic (exact) mass is 393 g/mol. The van der Waals surface area contributed by atoms with Crippen molar-refractivity contribution in [2.24, 2.45) is 0 Å². The third-order valence-electron chi connectivity index (χ3n) is 3.99. The predicted molar refractivity (Wildman–Crippen MR) is 107 cm³/mol. The topological polar surface area (TPSA) is 38.8 Å². The summed E-state index contributed by atoms with van der Waals surface area (Å²) >= 11 is 7.45. The molecule has 26 heavy (non-hydrogen) atoms. The summed E-state index contributed by atoms with van der Waals surface area (Å²) in [7, 11) is 3.21. The second-order valence-electron chi connectivity index (χ2n) is 5.76. The number of carbonyl (C=O) groups is 1. The average molecular weight is 394 g/mol. The smallest absolute Gasteiger partial charge is 0.236 e. The number of hydrogen-bond donors (Lipinski definition) is 0. The van der Waals surface area contributed by atoms with Crippen LogP contribution in [0.4, 0.5) is 0 Å². The normalized spacial score (nSPS) is 11.7. The Morgan fingerprint density at radius 3 is 2.35 bits per heavy atom. The molecular formula is C20H24ClNO3S. The fourth-order valence-electron chi connectivity index (χ4n) is 2.57. The Balaban J connectivity index is 2.06. The first-order chi connectivity index (χ1) is 12.5. The molecule has 0 aliphatic carbocycles. The molecule has 0 N–H and O–H groups in total. The van der Waals surface area contributed by atoms with Crippen molar-refractivity contribution in [1.82, 2.24) is 4.90 Å². The van der Waals surface area contributed by atoms with E-state index in [-0.39, 0.29) is 11.2 Å². The number of amides is 1. The van der Waals surface area contributed by atoms with Gasteiger partial charge in [0, 0.05) is 23.0 Å². The summed E-state index contributed by atoms with van der Waals surface area (Å²) in [6, 6.07) is 13.3. The molecule has 0 spiro atoms. The van der Waals surface area contributed by atoms with Gasteiger partial charge in [-0.15, -0.1) is 11.8 Å². The van der Waals surface area contributed by atoms with Crippen LogP contribution in [0.25, 0.3) is 0 Å². The van der Waals surface area contributed by atoms with Crippen molar-refractivity contribution >= 4 is 29.3 Å². The van der Waals surface area contributed by atoms with Crippen molar-refractivity contribution in [1.29, 1.82) is 0 Å². The van der Waals surface area contributed by atoms with Gasteiger partial charge in [-0.1, -0.05) is 17.7 Å². The van der Waals surface area contributed by atoms with Gasteiger partial charge in [0.25, 0.3) is 0 Å². The highest BCUT2D eigenvalue weighted by atomic mass is 35.5. The molecule has 1 atom stereocenters. The van der Waals surface area contributed by atoms with Gasteiger partial charge in [-0.25, -0.2) is 0 Å². The zero-order valence-corrected chi connectivity index (χ0v) is 17.1. The van der Waals surface area contributed by atoms with E-state index in [4.69, 9.17) is 21.1 Å². The SMILES string of the molecule is CCN(Cc1ccc(OC)c(OC)c1)C(=O)C(C)Sc1ccc(Cl)cc1. The first-order valence-electron chi connectivity index (χ1n) is 8.40. The second kappa shape index (κ2) is 9.74. The van der Waals surface area contributed by atoms with E-state index in [1.165, 1.54) is 11.8 Å². The lowest BCUT2D eigenvalue weighted by Gasteiger charge is -2.24. The summed E-state index contributed by atoms with van der Waals surface area (Å²) in [6.45, 7) is 5.08. The molecular weight excluding hydrogens is 370 g/mol. The van der Waals surface area contributed by atoms with Gasteiger partial charge in [0.2, 0.25) is 5.91 Å². The Morgan fingerprint density at radius 1 is 1.12 bits per heavy atom. The van der Waals surface area contributed by atoms with Gasteiger partial charge in [0.15, 0.2) is 11.5 Å². The van der Waals surface area contributed by atoms with Crippen LogP contribution in [0.2, 0.25) is 5.02 Å². The molecule has 1 unspecified atom stereocenters. The standard InChI is InChI=1S/C20H24ClNO3S/c1-5-22(13-15-6-11-18(24-3)19(12-15)25-4)20(23)14(2)26-17-9-7-16(21)8-10-17/h6-12,14H,5,13H2,1-4H3. The minimum Gasteiger partial charge on any atom is -0.493 e. The van der Waals surface area contributed by atoms with E-state index in [2.05, 4.69) is 0 Å². The van der Waals surface area contributed by atoms with Gasteiger partial charge in [0.05, 0.1) is 19.5 Å². The molecule has 0 heterocycles. The minimum atomic E-state index is -0.184. The molecule has 0 aromatic heterocycles. The second-order valence-corrected chi connectivity index (χ2v) is 7.61. The number of rotatable bonds is 8. The maximum absolute atomic E-state index is 12.9. The van der Waals surface area contributed by atoms with Gasteiger partial charge >= 0.3 is 0 Å². The van der Waals surface area contributed by atoms with E-state index in [9.17, 15) is 4.79 Å². The van der Waals surface area contributed by atoms with Gasteiger partial charge in [-0.05, 0) is 55.8 Å². The van der Waals surface area contributed by atoms with Crippen molar-refractivity contribution in [3.8, 4) is 11.5 Å². The first-order valence-corrected chi connectivity index (χ1v) is 9.66. The Morgan fingerprint density at radius 2 is 1.77 bits per heavy atom. The Hall–Kier alpha value is -1.85. The quantitative estimate of drug-likeness (QED) is 0.599. The molecule has 0 saturated heterocycles. The molecule has 0 fully saturated rings. The van der Waals surface area contributed by atoms with Crippen LogP contribution in [0.15, 0.2) is 47.4 Å². The van der Waals surface area contributed by atoms with Gasteiger partial charge in [-0.2, -0.15) is 0 Å². The highest BCUT2D eigenvalue weighted by Crippen LogP contribution is 2.29. The lowest BCUT2D eigenvalue weighted by Crippen LogP contribution is -2.35. The summed E-state index contributed by atoms with van der Waals surface area (Å²) in [4.78, 5) is 15.7. The van der Waals surface area contributed by atoms with Crippen LogP contribution in [-0.2, 0) is 11.3 Å². The van der Waals surface area contributed by atoms with Crippen LogP contribution in [0.1, 0.15) is 19.4 Å². The molecule has 2 aromatic rings. The molecule has 2 aromatic carbocycles. The number of benzene rings is 2. The van der Waals surface area contributed by atoms with Crippen LogP contribution < -0.4 is 9.47 Å². The predicted octanol–water partition coefficient (Wildman–Crippen LogP) is 4.89. The highest BCUT2D eigenvalue weighted by Gasteiger charge is 2.21. The number of carbonyl (C=O) groups excluding carboxylic acids is 1. The van der Waals surface area contributed by atoms with E-state index in [0.29, 0.717) is 29.6 Å². The number of ether oxygens (including phenoxy) is 2. The summed E-state index contributed by atoms with van der Waals surface area (Å²) in [5.41, 5.74) is 1.00. The molecule has 140 valence electrons. The average Bonchev–Trinajstić information content (AvgIpc) is 2.67. The van der Waals surface area contributed by atoms with E-state index < -0.39 is 0 Å². The molecule has 4 nitrogen and oxygen atoms in total. The Kier molecular flexibility index (Phi) is 7.66. The van der Waals surface area contributed by atoms with Crippen LogP contribution in [-0.4, -0.2) is 36.8 Å². The van der Waals surface area contributed by atoms with Gasteiger partial charge < -0.3 is 14.4 Å². The molecule has 6 heteroatoms. The van der Waals surface area contributed by atoms with Gasteiger partial charge in [-0.3, -0.25) is 4.79 Å². The van der Waals surface area contributed by atoms with Crippen LogP contribution in [0, 0.1) is 0 Å². The van der Waals surface area contributed by atoms with Crippen molar-refractivity contribution in [2.75, 3.05) is 20.8 Å². The molecule has 0 saturated carbocycles. The molecule has 2 rings (SSSR count). The van der Waals surface area contributed by atoms with E-state index >= 15 is 0 Å². The molecule has 0 aliphatic heterocycles. The van der Waals surface area contributed by atoms with Crippen LogP contribution in [0.5, 0.6) is 11.5 Å².